The van der Waals surface area contributed by atoms with Crippen LogP contribution in [0.1, 0.15) is 17.6 Å². The van der Waals surface area contributed by atoms with E-state index in [0.29, 0.717) is 18.0 Å². The van der Waals surface area contributed by atoms with Crippen molar-refractivity contribution in [2.75, 3.05) is 13.6 Å². The maximum Gasteiger partial charge on any atom is 0.292 e. The van der Waals surface area contributed by atoms with Gasteiger partial charge in [-0.05, 0) is 25.6 Å². The number of aliphatic hydroxyl groups is 1. The molecule has 0 aliphatic carbocycles. The minimum atomic E-state index is -0.685. The second-order valence-electron chi connectivity index (χ2n) is 2.49. The molecule has 4 nitrogen and oxygen atoms in total. The van der Waals surface area contributed by atoms with Crippen LogP contribution in [0, 0.1) is 6.92 Å². The first kappa shape index (κ1) is 9.51. The molecule has 0 spiro atoms. The molecule has 1 unspecified atom stereocenters. The molecular weight excluding hydrogens is 180 g/mol. The minimum Gasteiger partial charge on any atom is -0.430 e. The molecule has 1 atom stereocenters. The Hall–Kier alpha value is -0.580. The maximum absolute atomic E-state index is 9.46. The van der Waals surface area contributed by atoms with Crippen molar-refractivity contribution >= 4 is 11.6 Å². The summed E-state index contributed by atoms with van der Waals surface area (Å²) in [6.07, 6.45) is -0.685. The van der Waals surface area contributed by atoms with Gasteiger partial charge in [0.05, 0.1) is 5.69 Å². The lowest BCUT2D eigenvalue weighted by atomic mass is 10.2. The Morgan fingerprint density at radius 1 is 1.75 bits per heavy atom. The number of oxazole rings is 1. The molecule has 0 fully saturated rings. The van der Waals surface area contributed by atoms with Gasteiger partial charge in [-0.2, -0.15) is 0 Å². The lowest BCUT2D eigenvalue weighted by Gasteiger charge is -2.05. The molecule has 0 aliphatic rings. The molecule has 68 valence electrons. The van der Waals surface area contributed by atoms with Crippen LogP contribution in [-0.2, 0) is 0 Å². The van der Waals surface area contributed by atoms with Gasteiger partial charge in [-0.15, -0.1) is 0 Å². The first-order valence-electron chi connectivity index (χ1n) is 3.60. The number of aliphatic hydroxyl groups excluding tert-OH is 1. The fourth-order valence-corrected chi connectivity index (χ4v) is 1.18. The van der Waals surface area contributed by atoms with Crippen LogP contribution in [0.5, 0.6) is 0 Å². The van der Waals surface area contributed by atoms with Crippen molar-refractivity contribution < 1.29 is 9.52 Å². The van der Waals surface area contributed by atoms with Crippen LogP contribution in [0.15, 0.2) is 4.42 Å². The first-order chi connectivity index (χ1) is 5.65. The van der Waals surface area contributed by atoms with E-state index in [-0.39, 0.29) is 5.35 Å². The first-order valence-corrected chi connectivity index (χ1v) is 3.98. The molecule has 0 aliphatic heterocycles. The van der Waals surface area contributed by atoms with Gasteiger partial charge in [0.15, 0.2) is 5.76 Å². The average Bonchev–Trinajstić information content (AvgIpc) is 2.30. The average molecular weight is 191 g/mol. The number of hydrogen-bond acceptors (Lipinski definition) is 4. The van der Waals surface area contributed by atoms with E-state index in [9.17, 15) is 5.11 Å². The number of hydrogen-bond donors (Lipinski definition) is 2. The molecule has 2 N–H and O–H groups in total. The van der Waals surface area contributed by atoms with Crippen molar-refractivity contribution in [1.82, 2.24) is 10.3 Å². The zero-order valence-electron chi connectivity index (χ0n) is 6.97. The Balaban J connectivity index is 2.79. The van der Waals surface area contributed by atoms with E-state index in [1.54, 1.807) is 14.0 Å². The highest BCUT2D eigenvalue weighted by atomic mass is 35.5. The monoisotopic (exact) mass is 190 g/mol. The molecule has 0 aromatic carbocycles. The normalized spacial score (nSPS) is 13.3. The molecule has 0 bridgehead atoms. The van der Waals surface area contributed by atoms with Crippen molar-refractivity contribution in [2.24, 2.45) is 0 Å². The smallest absolute Gasteiger partial charge is 0.292 e. The Morgan fingerprint density at radius 3 is 2.83 bits per heavy atom. The molecular formula is C7H11ClN2O2. The second kappa shape index (κ2) is 3.89. The molecule has 1 rings (SSSR count). The van der Waals surface area contributed by atoms with Crippen molar-refractivity contribution in [2.45, 2.75) is 13.0 Å². The van der Waals surface area contributed by atoms with E-state index in [1.165, 1.54) is 0 Å². The molecule has 0 saturated heterocycles. The predicted octanol–water partition coefficient (Wildman–Crippen LogP) is 0.889. The molecule has 5 heteroatoms. The van der Waals surface area contributed by atoms with Crippen LogP contribution in [0.4, 0.5) is 0 Å². The van der Waals surface area contributed by atoms with Crippen LogP contribution < -0.4 is 5.32 Å². The van der Waals surface area contributed by atoms with E-state index in [0.717, 1.165) is 0 Å². The fraction of sp³-hybridized carbons (Fsp3) is 0.571. The van der Waals surface area contributed by atoms with Crippen LogP contribution in [0.3, 0.4) is 0 Å². The summed E-state index contributed by atoms with van der Waals surface area (Å²) < 4.78 is 4.99. The van der Waals surface area contributed by atoms with Gasteiger partial charge < -0.3 is 14.8 Å². The Morgan fingerprint density at radius 2 is 2.42 bits per heavy atom. The predicted molar refractivity (Wildman–Crippen MR) is 45.1 cm³/mol. The second-order valence-corrected chi connectivity index (χ2v) is 2.81. The molecule has 1 aromatic rings. The Labute approximate surface area is 75.6 Å². The third kappa shape index (κ3) is 1.97. The third-order valence-electron chi connectivity index (χ3n) is 1.51. The fourth-order valence-electron chi connectivity index (χ4n) is 0.970. The van der Waals surface area contributed by atoms with Crippen LogP contribution in [0.25, 0.3) is 0 Å². The highest BCUT2D eigenvalue weighted by Crippen LogP contribution is 2.20. The van der Waals surface area contributed by atoms with E-state index in [1.807, 2.05) is 0 Å². The summed E-state index contributed by atoms with van der Waals surface area (Å²) >= 11 is 5.50. The highest BCUT2D eigenvalue weighted by Gasteiger charge is 2.15. The van der Waals surface area contributed by atoms with Gasteiger partial charge in [-0.1, -0.05) is 0 Å². The summed E-state index contributed by atoms with van der Waals surface area (Å²) in [5, 5.41) is 12.3. The molecule has 0 amide bonds. The Bertz CT molecular complexity index is 262. The van der Waals surface area contributed by atoms with Gasteiger partial charge in [0.25, 0.3) is 5.35 Å². The van der Waals surface area contributed by atoms with Crippen LogP contribution >= 0.6 is 11.6 Å². The third-order valence-corrected chi connectivity index (χ3v) is 1.67. The highest BCUT2D eigenvalue weighted by molar-refractivity contribution is 6.27. The number of halogens is 1. The van der Waals surface area contributed by atoms with Crippen LogP contribution in [-0.4, -0.2) is 23.7 Å². The van der Waals surface area contributed by atoms with Gasteiger partial charge in [0.2, 0.25) is 0 Å². The molecule has 1 heterocycles. The van der Waals surface area contributed by atoms with E-state index in [2.05, 4.69) is 10.3 Å². The standard InChI is InChI=1S/C7H11ClN2O2/c1-4-6(5(11)3-9-2)12-7(8)10-4/h5,9,11H,3H2,1-2H3. The number of nitrogens with one attached hydrogen (secondary N) is 1. The summed E-state index contributed by atoms with van der Waals surface area (Å²) in [4.78, 5) is 3.83. The van der Waals surface area contributed by atoms with Gasteiger partial charge in [-0.3, -0.25) is 0 Å². The maximum atomic E-state index is 9.46. The lowest BCUT2D eigenvalue weighted by molar-refractivity contribution is 0.149. The van der Waals surface area contributed by atoms with E-state index < -0.39 is 6.10 Å². The van der Waals surface area contributed by atoms with Crippen LogP contribution in [0.2, 0.25) is 5.35 Å². The van der Waals surface area contributed by atoms with Crippen molar-refractivity contribution in [3.8, 4) is 0 Å². The zero-order chi connectivity index (χ0) is 9.14. The number of likely N-dealkylation sites (N-methyl/N-ethyl adjacent to an activating group) is 1. The van der Waals surface area contributed by atoms with Gasteiger partial charge in [-0.25, -0.2) is 4.98 Å². The summed E-state index contributed by atoms with van der Waals surface area (Å²) in [6.45, 7) is 2.16. The number of rotatable bonds is 3. The summed E-state index contributed by atoms with van der Waals surface area (Å²) in [7, 11) is 1.75. The van der Waals surface area contributed by atoms with Crippen molar-refractivity contribution in [3.63, 3.8) is 0 Å². The lowest BCUT2D eigenvalue weighted by Crippen LogP contribution is -2.16. The quantitative estimate of drug-likeness (QED) is 0.743. The van der Waals surface area contributed by atoms with Crippen molar-refractivity contribution in [3.05, 3.63) is 16.8 Å². The molecule has 0 saturated carbocycles. The van der Waals surface area contributed by atoms with E-state index >= 15 is 0 Å². The molecule has 12 heavy (non-hydrogen) atoms. The van der Waals surface area contributed by atoms with Crippen molar-refractivity contribution in [1.29, 1.82) is 0 Å². The van der Waals surface area contributed by atoms with Gasteiger partial charge >= 0.3 is 0 Å². The van der Waals surface area contributed by atoms with Gasteiger partial charge in [0, 0.05) is 6.54 Å². The van der Waals surface area contributed by atoms with Gasteiger partial charge in [0.1, 0.15) is 6.10 Å². The topological polar surface area (TPSA) is 58.3 Å². The summed E-state index contributed by atoms with van der Waals surface area (Å²) in [6, 6.07) is 0. The SMILES string of the molecule is CNCC(O)c1oc(Cl)nc1C. The molecule has 0 radical (unpaired) electrons. The summed E-state index contributed by atoms with van der Waals surface area (Å²) in [5.41, 5.74) is 0.628. The number of nitrogens with zero attached hydrogens (tertiary/aromatic N) is 1. The largest absolute Gasteiger partial charge is 0.430 e. The minimum absolute atomic E-state index is 0.0673. The number of aromatic nitrogens is 1. The Kier molecular flexibility index (Phi) is 3.08. The van der Waals surface area contributed by atoms with E-state index in [4.69, 9.17) is 16.0 Å². The summed E-state index contributed by atoms with van der Waals surface area (Å²) in [5.74, 6) is 0.425. The molecule has 1 aromatic heterocycles. The zero-order valence-corrected chi connectivity index (χ0v) is 7.72. The number of aryl methyl sites for hydroxylation is 1.